The highest BCUT2D eigenvalue weighted by atomic mass is 35.5. The summed E-state index contributed by atoms with van der Waals surface area (Å²) in [6.45, 7) is 3.81. The minimum Gasteiger partial charge on any atom is -1.00 e. The molecule has 6 nitrogen and oxygen atoms in total. The molecule has 0 fully saturated rings. The molecule has 29 heavy (non-hydrogen) atoms. The van der Waals surface area contributed by atoms with Gasteiger partial charge < -0.3 is 22.8 Å². The van der Waals surface area contributed by atoms with E-state index < -0.39 is 17.1 Å². The summed E-state index contributed by atoms with van der Waals surface area (Å²) in [5.41, 5.74) is 0.0294. The van der Waals surface area contributed by atoms with Crippen LogP contribution in [0.15, 0.2) is 29.2 Å². The highest BCUT2D eigenvalue weighted by Crippen LogP contribution is 2.24. The fraction of sp³-hybridized carbons (Fsp3) is 0.316. The van der Waals surface area contributed by atoms with Crippen molar-refractivity contribution in [3.8, 4) is 5.75 Å². The van der Waals surface area contributed by atoms with Gasteiger partial charge >= 0.3 is 5.56 Å². The molecule has 2 aromatic heterocycles. The quantitative estimate of drug-likeness (QED) is 0.355. The first-order valence-corrected chi connectivity index (χ1v) is 10.5. The summed E-state index contributed by atoms with van der Waals surface area (Å²) in [5.74, 6) is -1.01. The Morgan fingerprint density at radius 3 is 2.76 bits per heavy atom. The minimum atomic E-state index is -0.624. The molecule has 3 N–H and O–H groups in total. The summed E-state index contributed by atoms with van der Waals surface area (Å²) in [7, 11) is 0. The molecule has 0 aliphatic rings. The molecule has 0 aliphatic carbocycles. The van der Waals surface area contributed by atoms with Crippen molar-refractivity contribution in [2.75, 3.05) is 6.54 Å². The summed E-state index contributed by atoms with van der Waals surface area (Å²) in [5, 5.41) is 13.2. The number of quaternary nitrogens is 1. The summed E-state index contributed by atoms with van der Waals surface area (Å²) >= 11 is 13.2. The lowest BCUT2D eigenvalue weighted by molar-refractivity contribution is -0.670. The molecular formula is C19H20Cl3N3O3S. The number of fused-ring (bicyclic) bond motifs is 1. The maximum Gasteiger partial charge on any atom is 0.301 e. The molecule has 0 radical (unpaired) electrons. The zero-order valence-corrected chi connectivity index (χ0v) is 18.7. The Labute approximate surface area is 187 Å². The first kappa shape index (κ1) is 23.6. The molecule has 1 aromatic carbocycles. The highest BCUT2D eigenvalue weighted by molar-refractivity contribution is 7.17. The summed E-state index contributed by atoms with van der Waals surface area (Å²) in [6.07, 6.45) is 3.22. The van der Waals surface area contributed by atoms with Crippen molar-refractivity contribution < 1.29 is 27.6 Å². The van der Waals surface area contributed by atoms with Gasteiger partial charge in [0.25, 0.3) is 0 Å². The molecule has 0 unspecified atom stereocenters. The number of nitrogens with zero attached hydrogens (tertiary/aromatic N) is 2. The second-order valence-electron chi connectivity index (χ2n) is 6.42. The van der Waals surface area contributed by atoms with Crippen LogP contribution in [0.4, 0.5) is 0 Å². The molecule has 10 heteroatoms. The monoisotopic (exact) mass is 475 g/mol. The Hall–Kier alpha value is -1.64. The van der Waals surface area contributed by atoms with Crippen molar-refractivity contribution in [3.63, 3.8) is 0 Å². The van der Waals surface area contributed by atoms with Gasteiger partial charge in [-0.05, 0) is 30.5 Å². The first-order chi connectivity index (χ1) is 13.4. The van der Waals surface area contributed by atoms with Crippen molar-refractivity contribution in [2.45, 2.75) is 32.7 Å². The van der Waals surface area contributed by atoms with E-state index in [1.54, 1.807) is 24.4 Å². The zero-order chi connectivity index (χ0) is 20.3. The van der Waals surface area contributed by atoms with Gasteiger partial charge in [-0.3, -0.25) is 14.0 Å². The van der Waals surface area contributed by atoms with Gasteiger partial charge in [0.15, 0.2) is 16.4 Å². The average molecular weight is 477 g/mol. The van der Waals surface area contributed by atoms with Crippen molar-refractivity contribution in [3.05, 3.63) is 60.9 Å². The molecule has 0 aliphatic heterocycles. The number of hydrogen-bond acceptors (Lipinski definition) is 5. The Morgan fingerprint density at radius 2 is 2.07 bits per heavy atom. The van der Waals surface area contributed by atoms with Gasteiger partial charge in [-0.25, -0.2) is 4.98 Å². The van der Waals surface area contributed by atoms with Gasteiger partial charge in [-0.15, -0.1) is 0 Å². The summed E-state index contributed by atoms with van der Waals surface area (Å²) in [6, 6.07) is 5.15. The number of rotatable bonds is 8. The van der Waals surface area contributed by atoms with Crippen LogP contribution in [0.1, 0.15) is 40.7 Å². The lowest BCUT2D eigenvalue weighted by atomic mass is 10.1. The topological polar surface area (TPSA) is 88.3 Å². The largest absolute Gasteiger partial charge is 1.00 e. The smallest absolute Gasteiger partial charge is 0.301 e. The standard InChI is InChI=1S/C19H19Cl2N3O3S.ClH/c1-2-7-22-9-12-10-24-18(27)17(26)16(23-19(24)28-12)15(25)6-4-11-3-5-13(20)14(21)8-11;/h3,5,8,10,22,26H,2,4,6-7,9H2,1H3;1H. The SMILES string of the molecule is CCC[NH2+]Cc1cn2c(=O)c(O)c(C(=O)CCc3ccc(Cl)c(Cl)c3)nc2s1.[Cl-]. The van der Waals surface area contributed by atoms with E-state index in [1.807, 2.05) is 0 Å². The number of thiazole rings is 1. The van der Waals surface area contributed by atoms with E-state index >= 15 is 0 Å². The van der Waals surface area contributed by atoms with E-state index in [0.717, 1.165) is 30.0 Å². The number of aromatic nitrogens is 2. The molecular weight excluding hydrogens is 457 g/mol. The number of ketones is 1. The molecule has 156 valence electrons. The normalized spacial score (nSPS) is 10.9. The fourth-order valence-electron chi connectivity index (χ4n) is 2.79. The molecule has 0 bridgehead atoms. The number of carbonyl (C=O) groups is 1. The van der Waals surface area contributed by atoms with Crippen LogP contribution in [0.2, 0.25) is 10.0 Å². The average Bonchev–Trinajstić information content (AvgIpc) is 3.09. The van der Waals surface area contributed by atoms with Gasteiger partial charge in [0.2, 0.25) is 5.75 Å². The second kappa shape index (κ2) is 10.4. The number of aryl methyl sites for hydroxylation is 1. The van der Waals surface area contributed by atoms with Gasteiger partial charge in [0.1, 0.15) is 6.54 Å². The number of carbonyl (C=O) groups excluding carboxylic acids is 1. The number of aromatic hydroxyl groups is 1. The van der Waals surface area contributed by atoms with Crippen LogP contribution < -0.4 is 23.3 Å². The van der Waals surface area contributed by atoms with E-state index in [0.29, 0.717) is 21.4 Å². The zero-order valence-electron chi connectivity index (χ0n) is 15.6. The van der Waals surface area contributed by atoms with Crippen LogP contribution in [-0.2, 0) is 13.0 Å². The molecule has 0 saturated heterocycles. The van der Waals surface area contributed by atoms with Crippen LogP contribution in [0, 0.1) is 0 Å². The lowest BCUT2D eigenvalue weighted by Gasteiger charge is -2.05. The van der Waals surface area contributed by atoms with Crippen molar-refractivity contribution in [1.82, 2.24) is 9.38 Å². The summed E-state index contributed by atoms with van der Waals surface area (Å²) < 4.78 is 1.30. The van der Waals surface area contributed by atoms with E-state index in [4.69, 9.17) is 23.2 Å². The van der Waals surface area contributed by atoms with E-state index in [2.05, 4.69) is 17.2 Å². The molecule has 0 saturated carbocycles. The number of halogens is 3. The van der Waals surface area contributed by atoms with Crippen molar-refractivity contribution in [1.29, 1.82) is 0 Å². The third kappa shape index (κ3) is 5.49. The maximum atomic E-state index is 12.6. The molecule has 0 amide bonds. The molecule has 0 spiro atoms. The predicted molar refractivity (Wildman–Crippen MR) is 111 cm³/mol. The third-order valence-electron chi connectivity index (χ3n) is 4.28. The minimum absolute atomic E-state index is 0. The van der Waals surface area contributed by atoms with Gasteiger partial charge in [0.05, 0.1) is 21.5 Å². The van der Waals surface area contributed by atoms with Crippen LogP contribution in [0.5, 0.6) is 5.75 Å². The Kier molecular flexibility index (Phi) is 8.48. The number of nitrogens with two attached hydrogens (primary N) is 1. The van der Waals surface area contributed by atoms with Crippen molar-refractivity contribution in [2.24, 2.45) is 0 Å². The number of benzene rings is 1. The highest BCUT2D eigenvalue weighted by Gasteiger charge is 2.20. The summed E-state index contributed by atoms with van der Waals surface area (Å²) in [4.78, 5) is 30.6. The fourth-order valence-corrected chi connectivity index (χ4v) is 4.07. The van der Waals surface area contributed by atoms with E-state index in [9.17, 15) is 14.7 Å². The Morgan fingerprint density at radius 1 is 1.31 bits per heavy atom. The first-order valence-electron chi connectivity index (χ1n) is 8.93. The van der Waals surface area contributed by atoms with E-state index in [-0.39, 0.29) is 24.5 Å². The second-order valence-corrected chi connectivity index (χ2v) is 8.33. The predicted octanol–water partition coefficient (Wildman–Crippen LogP) is 0.0613. The molecule has 3 rings (SSSR count). The number of hydrogen-bond donors (Lipinski definition) is 2. The van der Waals surface area contributed by atoms with Crippen LogP contribution >= 0.6 is 34.5 Å². The Balaban J connectivity index is 0.00000300. The number of Topliss-reactive ketones (excluding diaryl/α,β-unsaturated/α-hetero) is 1. The van der Waals surface area contributed by atoms with Crippen LogP contribution in [-0.4, -0.2) is 26.8 Å². The molecule has 3 aromatic rings. The lowest BCUT2D eigenvalue weighted by Crippen LogP contribution is -3.00. The van der Waals surface area contributed by atoms with Gasteiger partial charge in [0, 0.05) is 12.6 Å². The van der Waals surface area contributed by atoms with Crippen LogP contribution in [0.3, 0.4) is 0 Å². The third-order valence-corrected chi connectivity index (χ3v) is 6.03. The Bertz CT molecular complexity index is 1080. The van der Waals surface area contributed by atoms with Gasteiger partial charge in [-0.2, -0.15) is 0 Å². The molecule has 0 atom stereocenters. The molecule has 2 heterocycles. The van der Waals surface area contributed by atoms with Crippen LogP contribution in [0.25, 0.3) is 4.96 Å². The van der Waals surface area contributed by atoms with Crippen molar-refractivity contribution >= 4 is 45.3 Å². The maximum absolute atomic E-state index is 12.6. The van der Waals surface area contributed by atoms with Gasteiger partial charge in [-0.1, -0.05) is 47.5 Å². The van der Waals surface area contributed by atoms with E-state index in [1.165, 1.54) is 15.7 Å².